The van der Waals surface area contributed by atoms with Crippen molar-refractivity contribution in [3.05, 3.63) is 15.8 Å². The quantitative estimate of drug-likeness (QED) is 0.836. The van der Waals surface area contributed by atoms with Crippen LogP contribution in [0.15, 0.2) is 10.3 Å². The van der Waals surface area contributed by atoms with E-state index < -0.39 is 16.0 Å². The lowest BCUT2D eigenvalue weighted by molar-refractivity contribution is 0.0602. The van der Waals surface area contributed by atoms with Gasteiger partial charge in [-0.05, 0) is 36.6 Å². The molecular weight excluding hydrogens is 324 g/mol. The molecule has 2 rings (SSSR count). The van der Waals surface area contributed by atoms with Crippen LogP contribution < -0.4 is 5.73 Å². The molecule has 0 aromatic carbocycles. The van der Waals surface area contributed by atoms with Crippen molar-refractivity contribution in [1.82, 2.24) is 4.31 Å². The number of carbonyl (C=O) groups excluding carboxylic acids is 1. The number of hydrogen-bond acceptors (Lipinski definition) is 6. The summed E-state index contributed by atoms with van der Waals surface area (Å²) < 4.78 is 32.4. The van der Waals surface area contributed by atoms with Crippen LogP contribution in [0.2, 0.25) is 0 Å². The fourth-order valence-corrected chi connectivity index (χ4v) is 6.40. The molecule has 0 radical (unpaired) electrons. The van der Waals surface area contributed by atoms with Crippen LogP contribution in [0, 0.1) is 12.8 Å². The summed E-state index contributed by atoms with van der Waals surface area (Å²) in [5.41, 5.74) is 6.37. The average Bonchev–Trinajstić information content (AvgIpc) is 2.88. The number of rotatable bonds is 4. The van der Waals surface area contributed by atoms with Gasteiger partial charge in [0.15, 0.2) is 0 Å². The molecular formula is C14H22N2O4S2. The molecule has 2 heterocycles. The molecule has 6 nitrogen and oxygen atoms in total. The minimum absolute atomic E-state index is 0.0666. The van der Waals surface area contributed by atoms with E-state index in [9.17, 15) is 13.2 Å². The lowest BCUT2D eigenvalue weighted by atomic mass is 9.93. The van der Waals surface area contributed by atoms with Crippen molar-refractivity contribution in [3.8, 4) is 0 Å². The van der Waals surface area contributed by atoms with Crippen LogP contribution in [-0.4, -0.2) is 44.9 Å². The molecule has 1 aromatic rings. The first kappa shape index (κ1) is 17.4. The lowest BCUT2D eigenvalue weighted by Crippen LogP contribution is -2.51. The first-order valence-corrected chi connectivity index (χ1v) is 9.54. The summed E-state index contributed by atoms with van der Waals surface area (Å²) in [6.07, 6.45) is 1.76. The number of sulfonamides is 1. The Bertz CT molecular complexity index is 654. The van der Waals surface area contributed by atoms with Crippen molar-refractivity contribution < 1.29 is 17.9 Å². The number of nitrogens with two attached hydrogens (primary N) is 1. The van der Waals surface area contributed by atoms with Crippen molar-refractivity contribution in [1.29, 1.82) is 0 Å². The smallest absolute Gasteiger partial charge is 0.349 e. The molecule has 0 spiro atoms. The van der Waals surface area contributed by atoms with Crippen LogP contribution in [0.1, 0.15) is 35.0 Å². The van der Waals surface area contributed by atoms with Crippen LogP contribution in [0.3, 0.4) is 0 Å². The maximum absolute atomic E-state index is 13.1. The highest BCUT2D eigenvalue weighted by Crippen LogP contribution is 2.34. The second-order valence-electron chi connectivity index (χ2n) is 5.61. The minimum Gasteiger partial charge on any atom is -0.465 e. The zero-order valence-electron chi connectivity index (χ0n) is 13.0. The van der Waals surface area contributed by atoms with Gasteiger partial charge in [-0.1, -0.05) is 6.92 Å². The molecule has 1 aliphatic rings. The van der Waals surface area contributed by atoms with Gasteiger partial charge in [0.05, 0.1) is 7.11 Å². The molecule has 0 bridgehead atoms. The average molecular weight is 346 g/mol. The van der Waals surface area contributed by atoms with E-state index in [4.69, 9.17) is 10.5 Å². The number of hydrogen-bond donors (Lipinski definition) is 1. The predicted molar refractivity (Wildman–Crippen MR) is 85.5 cm³/mol. The van der Waals surface area contributed by atoms with E-state index in [0.717, 1.165) is 24.2 Å². The normalized spacial score (nSPS) is 23.5. The van der Waals surface area contributed by atoms with E-state index >= 15 is 0 Å². The summed E-state index contributed by atoms with van der Waals surface area (Å²) in [6, 6.07) is -0.233. The van der Waals surface area contributed by atoms with E-state index in [-0.39, 0.29) is 28.3 Å². The van der Waals surface area contributed by atoms with E-state index in [0.29, 0.717) is 12.1 Å². The Hall–Kier alpha value is -0.960. The third-order valence-electron chi connectivity index (χ3n) is 4.16. The van der Waals surface area contributed by atoms with Crippen LogP contribution in [-0.2, 0) is 14.8 Å². The second kappa shape index (κ2) is 6.66. The summed E-state index contributed by atoms with van der Waals surface area (Å²) in [7, 11) is -2.52. The van der Waals surface area contributed by atoms with E-state index in [1.807, 2.05) is 6.92 Å². The Kier molecular flexibility index (Phi) is 5.26. The van der Waals surface area contributed by atoms with Crippen LogP contribution >= 0.6 is 11.3 Å². The van der Waals surface area contributed by atoms with Gasteiger partial charge >= 0.3 is 5.97 Å². The third-order valence-corrected chi connectivity index (χ3v) is 7.48. The maximum Gasteiger partial charge on any atom is 0.349 e. The van der Waals surface area contributed by atoms with Gasteiger partial charge in [0, 0.05) is 19.1 Å². The molecule has 0 saturated carbocycles. The van der Waals surface area contributed by atoms with E-state index in [1.165, 1.54) is 11.4 Å². The highest BCUT2D eigenvalue weighted by atomic mass is 32.2. The third kappa shape index (κ3) is 2.92. The van der Waals surface area contributed by atoms with Crippen molar-refractivity contribution in [3.63, 3.8) is 0 Å². The molecule has 124 valence electrons. The van der Waals surface area contributed by atoms with Gasteiger partial charge < -0.3 is 10.5 Å². The van der Waals surface area contributed by atoms with Gasteiger partial charge in [-0.15, -0.1) is 11.3 Å². The van der Waals surface area contributed by atoms with Gasteiger partial charge in [0.1, 0.15) is 9.77 Å². The Morgan fingerprint density at radius 3 is 2.82 bits per heavy atom. The molecule has 2 unspecified atom stereocenters. The fraction of sp³-hybridized carbons (Fsp3) is 0.643. The lowest BCUT2D eigenvalue weighted by Gasteiger charge is -2.38. The molecule has 0 amide bonds. The molecule has 1 aromatic heterocycles. The fourth-order valence-electron chi connectivity index (χ4n) is 2.96. The molecule has 1 aliphatic heterocycles. The van der Waals surface area contributed by atoms with Crippen molar-refractivity contribution in [2.45, 2.75) is 37.6 Å². The van der Waals surface area contributed by atoms with Gasteiger partial charge in [-0.3, -0.25) is 0 Å². The summed E-state index contributed by atoms with van der Waals surface area (Å²) >= 11 is 1.10. The summed E-state index contributed by atoms with van der Waals surface area (Å²) in [5.74, 6) is -0.417. The number of methoxy groups -OCH3 is 1. The molecule has 2 N–H and O–H groups in total. The van der Waals surface area contributed by atoms with Crippen molar-refractivity contribution in [2.24, 2.45) is 11.7 Å². The van der Waals surface area contributed by atoms with E-state index in [1.54, 1.807) is 12.3 Å². The van der Waals surface area contributed by atoms with E-state index in [2.05, 4.69) is 0 Å². The Balaban J connectivity index is 2.51. The molecule has 1 fully saturated rings. The zero-order valence-corrected chi connectivity index (χ0v) is 14.7. The van der Waals surface area contributed by atoms with Crippen LogP contribution in [0.5, 0.6) is 0 Å². The van der Waals surface area contributed by atoms with Gasteiger partial charge in [-0.25, -0.2) is 13.2 Å². The number of nitrogens with zero attached hydrogens (tertiary/aromatic N) is 1. The zero-order chi connectivity index (χ0) is 16.5. The molecule has 8 heteroatoms. The number of aryl methyl sites for hydroxylation is 1. The van der Waals surface area contributed by atoms with Gasteiger partial charge in [-0.2, -0.15) is 4.31 Å². The Morgan fingerprint density at radius 2 is 2.23 bits per heavy atom. The number of piperidine rings is 1. The maximum atomic E-state index is 13.1. The number of thiophene rings is 1. The first-order valence-electron chi connectivity index (χ1n) is 7.22. The topological polar surface area (TPSA) is 89.7 Å². The predicted octanol–water partition coefficient (Wildman–Crippen LogP) is 1.59. The summed E-state index contributed by atoms with van der Waals surface area (Å²) in [6.45, 7) is 4.42. The summed E-state index contributed by atoms with van der Waals surface area (Å²) in [4.78, 5) is 12.1. The minimum atomic E-state index is -3.77. The molecule has 0 aliphatic carbocycles. The van der Waals surface area contributed by atoms with Gasteiger partial charge in [0.2, 0.25) is 10.0 Å². The largest absolute Gasteiger partial charge is 0.465 e. The summed E-state index contributed by atoms with van der Waals surface area (Å²) in [5, 5.41) is 1.67. The Morgan fingerprint density at radius 1 is 1.55 bits per heavy atom. The highest BCUT2D eigenvalue weighted by Gasteiger charge is 2.39. The molecule has 22 heavy (non-hydrogen) atoms. The molecule has 1 saturated heterocycles. The standard InChI is InChI=1S/C14H22N2O4S2/c1-9-5-4-6-16(11(9)7-15)22(18,19)13-10(2)8-21-12(13)14(17)20-3/h8-9,11H,4-7,15H2,1-3H3. The number of carbonyl (C=O) groups is 1. The van der Waals surface area contributed by atoms with Gasteiger partial charge in [0.25, 0.3) is 0 Å². The van der Waals surface area contributed by atoms with Crippen LogP contribution in [0.25, 0.3) is 0 Å². The number of ether oxygens (including phenoxy) is 1. The SMILES string of the molecule is COC(=O)c1scc(C)c1S(=O)(=O)N1CCCC(C)C1CN. The highest BCUT2D eigenvalue weighted by molar-refractivity contribution is 7.89. The first-order chi connectivity index (χ1) is 10.3. The van der Waals surface area contributed by atoms with Crippen molar-refractivity contribution in [2.75, 3.05) is 20.2 Å². The molecule has 2 atom stereocenters. The second-order valence-corrected chi connectivity index (χ2v) is 8.31. The number of esters is 1. The monoisotopic (exact) mass is 346 g/mol. The van der Waals surface area contributed by atoms with Crippen molar-refractivity contribution >= 4 is 27.3 Å². The van der Waals surface area contributed by atoms with Crippen LogP contribution in [0.4, 0.5) is 0 Å². The Labute approximate surface area is 135 Å².